The summed E-state index contributed by atoms with van der Waals surface area (Å²) in [5.41, 5.74) is 1.41. The van der Waals surface area contributed by atoms with Gasteiger partial charge in [-0.1, -0.05) is 19.3 Å². The number of aliphatic hydroxyl groups is 1. The Morgan fingerprint density at radius 1 is 1.29 bits per heavy atom. The van der Waals surface area contributed by atoms with Gasteiger partial charge in [0.2, 0.25) is 5.95 Å². The Labute approximate surface area is 123 Å². The molecule has 1 fully saturated rings. The number of nitrogens with one attached hydrogen (secondary N) is 3. The van der Waals surface area contributed by atoms with Crippen molar-refractivity contribution in [3.05, 3.63) is 6.33 Å². The highest BCUT2D eigenvalue weighted by molar-refractivity contribution is 5.83. The maximum atomic E-state index is 9.79. The molecule has 2 aromatic rings. The van der Waals surface area contributed by atoms with Crippen LogP contribution >= 0.6 is 0 Å². The van der Waals surface area contributed by atoms with E-state index in [1.165, 1.54) is 19.3 Å². The van der Waals surface area contributed by atoms with Crippen LogP contribution in [0.2, 0.25) is 0 Å². The summed E-state index contributed by atoms with van der Waals surface area (Å²) in [4.78, 5) is 16.0. The Hall–Kier alpha value is -1.89. The van der Waals surface area contributed by atoms with E-state index < -0.39 is 0 Å². The molecule has 1 saturated carbocycles. The molecule has 3 rings (SSSR count). The zero-order valence-electron chi connectivity index (χ0n) is 12.3. The van der Waals surface area contributed by atoms with Crippen LogP contribution in [0.1, 0.15) is 32.1 Å². The largest absolute Gasteiger partial charge is 0.396 e. The van der Waals surface area contributed by atoms with E-state index in [4.69, 9.17) is 0 Å². The highest BCUT2D eigenvalue weighted by atomic mass is 16.3. The van der Waals surface area contributed by atoms with E-state index in [1.807, 2.05) is 0 Å². The molecule has 0 spiro atoms. The van der Waals surface area contributed by atoms with Crippen molar-refractivity contribution in [1.29, 1.82) is 0 Å². The summed E-state index contributed by atoms with van der Waals surface area (Å²) in [6.07, 6.45) is 7.38. The van der Waals surface area contributed by atoms with E-state index in [0.29, 0.717) is 11.6 Å². The average Bonchev–Trinajstić information content (AvgIpc) is 3.02. The van der Waals surface area contributed by atoms with Gasteiger partial charge in [0.25, 0.3) is 0 Å². The van der Waals surface area contributed by atoms with Crippen LogP contribution in [0.3, 0.4) is 0 Å². The van der Waals surface area contributed by atoms with Crippen molar-refractivity contribution < 1.29 is 5.11 Å². The summed E-state index contributed by atoms with van der Waals surface area (Å²) in [6.45, 7) is 0.938. The smallest absolute Gasteiger partial charge is 0.226 e. The van der Waals surface area contributed by atoms with Crippen LogP contribution in [0.15, 0.2) is 6.33 Å². The van der Waals surface area contributed by atoms with E-state index in [2.05, 4.69) is 30.6 Å². The van der Waals surface area contributed by atoms with Crippen molar-refractivity contribution in [2.75, 3.05) is 30.8 Å². The van der Waals surface area contributed by atoms with Crippen molar-refractivity contribution in [3.8, 4) is 0 Å². The first-order chi connectivity index (χ1) is 10.3. The van der Waals surface area contributed by atoms with Gasteiger partial charge in [0, 0.05) is 19.0 Å². The number of H-pyrrole nitrogens is 1. The fourth-order valence-electron chi connectivity index (χ4n) is 3.04. The molecular formula is C14H22N6O. The monoisotopic (exact) mass is 290 g/mol. The number of hydrogen-bond acceptors (Lipinski definition) is 6. The van der Waals surface area contributed by atoms with E-state index >= 15 is 0 Å². The predicted molar refractivity (Wildman–Crippen MR) is 82.3 cm³/mol. The molecule has 7 heteroatoms. The molecule has 0 unspecified atom stereocenters. The van der Waals surface area contributed by atoms with E-state index in [1.54, 1.807) is 13.4 Å². The molecular weight excluding hydrogens is 268 g/mol. The first kappa shape index (κ1) is 14.1. The minimum Gasteiger partial charge on any atom is -0.396 e. The van der Waals surface area contributed by atoms with Crippen molar-refractivity contribution in [1.82, 2.24) is 19.9 Å². The van der Waals surface area contributed by atoms with Gasteiger partial charge in [0.15, 0.2) is 11.5 Å². The topological polar surface area (TPSA) is 98.8 Å². The van der Waals surface area contributed by atoms with E-state index in [9.17, 15) is 5.11 Å². The Morgan fingerprint density at radius 3 is 2.81 bits per heavy atom. The summed E-state index contributed by atoms with van der Waals surface area (Å²) in [5, 5.41) is 16.1. The number of aromatic amines is 1. The van der Waals surface area contributed by atoms with Gasteiger partial charge in [-0.05, 0) is 12.8 Å². The zero-order valence-corrected chi connectivity index (χ0v) is 12.3. The predicted octanol–water partition coefficient (Wildman–Crippen LogP) is 1.75. The fraction of sp³-hybridized carbons (Fsp3) is 0.643. The maximum absolute atomic E-state index is 9.79. The molecule has 0 atom stereocenters. The Balaban J connectivity index is 1.82. The van der Waals surface area contributed by atoms with Gasteiger partial charge in [-0.15, -0.1) is 0 Å². The number of fused-ring (bicyclic) bond motifs is 1. The van der Waals surface area contributed by atoms with Gasteiger partial charge < -0.3 is 20.7 Å². The van der Waals surface area contributed by atoms with Gasteiger partial charge in [-0.3, -0.25) is 0 Å². The van der Waals surface area contributed by atoms with E-state index in [-0.39, 0.29) is 12.0 Å². The molecule has 2 heterocycles. The van der Waals surface area contributed by atoms with Crippen molar-refractivity contribution in [3.63, 3.8) is 0 Å². The third-order valence-electron chi connectivity index (χ3n) is 4.39. The van der Waals surface area contributed by atoms with Gasteiger partial charge in [-0.25, -0.2) is 4.98 Å². The molecule has 0 radical (unpaired) electrons. The Kier molecular flexibility index (Phi) is 3.92. The van der Waals surface area contributed by atoms with Crippen molar-refractivity contribution in [2.24, 2.45) is 5.41 Å². The third kappa shape index (κ3) is 2.78. The van der Waals surface area contributed by atoms with Crippen LogP contribution in [0.5, 0.6) is 0 Å². The molecule has 0 amide bonds. The molecule has 2 aromatic heterocycles. The quantitative estimate of drug-likeness (QED) is 0.669. The minimum atomic E-state index is -0.0324. The van der Waals surface area contributed by atoms with Gasteiger partial charge in [0.1, 0.15) is 5.52 Å². The van der Waals surface area contributed by atoms with Gasteiger partial charge >= 0.3 is 0 Å². The molecule has 7 nitrogen and oxygen atoms in total. The highest BCUT2D eigenvalue weighted by Crippen LogP contribution is 2.36. The first-order valence-electron chi connectivity index (χ1n) is 7.50. The highest BCUT2D eigenvalue weighted by Gasteiger charge is 2.31. The van der Waals surface area contributed by atoms with E-state index in [0.717, 1.165) is 30.7 Å². The van der Waals surface area contributed by atoms with Crippen LogP contribution in [-0.4, -0.2) is 45.2 Å². The molecule has 0 saturated heterocycles. The number of anilines is 2. The third-order valence-corrected chi connectivity index (χ3v) is 4.39. The normalized spacial score (nSPS) is 17.8. The van der Waals surface area contributed by atoms with Crippen LogP contribution in [0.25, 0.3) is 11.2 Å². The van der Waals surface area contributed by atoms with Gasteiger partial charge in [0.05, 0.1) is 12.9 Å². The van der Waals surface area contributed by atoms with Crippen LogP contribution < -0.4 is 10.6 Å². The standard InChI is InChI=1S/C14H22N6O/c1-15-13-19-11(10-12(20-13)18-9-17-10)16-7-14(8-21)5-3-2-4-6-14/h9,21H,2-8H2,1H3,(H3,15,16,17,18,19,20). The van der Waals surface area contributed by atoms with Crippen LogP contribution in [0.4, 0.5) is 11.8 Å². The molecule has 0 aromatic carbocycles. The Morgan fingerprint density at radius 2 is 2.10 bits per heavy atom. The maximum Gasteiger partial charge on any atom is 0.226 e. The summed E-state index contributed by atoms with van der Waals surface area (Å²) in [5.74, 6) is 1.28. The van der Waals surface area contributed by atoms with Crippen LogP contribution in [0, 0.1) is 5.41 Å². The first-order valence-corrected chi connectivity index (χ1v) is 7.50. The fourth-order valence-corrected chi connectivity index (χ4v) is 3.04. The summed E-state index contributed by atoms with van der Waals surface area (Å²) in [7, 11) is 1.79. The number of aliphatic hydroxyl groups excluding tert-OH is 1. The molecule has 0 bridgehead atoms. The lowest BCUT2D eigenvalue weighted by Gasteiger charge is -2.35. The second-order valence-corrected chi connectivity index (χ2v) is 5.82. The number of rotatable bonds is 5. The number of aromatic nitrogens is 4. The molecule has 21 heavy (non-hydrogen) atoms. The minimum absolute atomic E-state index is 0.0324. The lowest BCUT2D eigenvalue weighted by atomic mass is 9.74. The second-order valence-electron chi connectivity index (χ2n) is 5.82. The summed E-state index contributed by atoms with van der Waals surface area (Å²) in [6, 6.07) is 0. The average molecular weight is 290 g/mol. The Bertz CT molecular complexity index is 605. The number of hydrogen-bond donors (Lipinski definition) is 4. The lowest BCUT2D eigenvalue weighted by Crippen LogP contribution is -2.35. The molecule has 1 aliphatic carbocycles. The van der Waals surface area contributed by atoms with Crippen LogP contribution in [-0.2, 0) is 0 Å². The second kappa shape index (κ2) is 5.85. The van der Waals surface area contributed by atoms with Crippen molar-refractivity contribution >= 4 is 22.9 Å². The molecule has 4 N–H and O–H groups in total. The number of nitrogens with zero attached hydrogens (tertiary/aromatic N) is 3. The zero-order chi connectivity index (χ0) is 14.7. The summed E-state index contributed by atoms with van der Waals surface area (Å²) < 4.78 is 0. The molecule has 0 aliphatic heterocycles. The summed E-state index contributed by atoms with van der Waals surface area (Å²) >= 11 is 0. The number of imidazole rings is 1. The lowest BCUT2D eigenvalue weighted by molar-refractivity contribution is 0.0943. The SMILES string of the molecule is CNc1nc(NCC2(CO)CCCCC2)c2[nH]cnc2n1. The van der Waals surface area contributed by atoms with Gasteiger partial charge in [-0.2, -0.15) is 9.97 Å². The molecule has 1 aliphatic rings. The van der Waals surface area contributed by atoms with Crippen molar-refractivity contribution in [2.45, 2.75) is 32.1 Å². The molecule has 114 valence electrons.